The second-order valence-corrected chi connectivity index (χ2v) is 7.84. The van der Waals surface area contributed by atoms with Crippen LogP contribution in [-0.2, 0) is 0 Å². The normalized spacial score (nSPS) is 13.2. The molecule has 2 rings (SSSR count). The van der Waals surface area contributed by atoms with Crippen LogP contribution in [0.4, 0.5) is 5.69 Å². The third-order valence-corrected chi connectivity index (χ3v) is 5.46. The number of nitrogen functional groups attached to an aromatic ring is 1. The van der Waals surface area contributed by atoms with Crippen LogP contribution >= 0.6 is 0 Å². The quantitative estimate of drug-likeness (QED) is 0.178. The van der Waals surface area contributed by atoms with Gasteiger partial charge in [-0.2, -0.15) is 0 Å². The minimum Gasteiger partial charge on any atom is -0.439 e. The van der Waals surface area contributed by atoms with E-state index < -0.39 is 0 Å². The highest BCUT2D eigenvalue weighted by molar-refractivity contribution is 5.91. The zero-order valence-electron chi connectivity index (χ0n) is 19.5. The summed E-state index contributed by atoms with van der Waals surface area (Å²) in [7, 11) is 0. The molecule has 0 aliphatic heterocycles. The lowest BCUT2D eigenvalue weighted by Gasteiger charge is -2.17. The molecular weight excluding hydrogens is 382 g/mol. The zero-order valence-corrected chi connectivity index (χ0v) is 19.5. The maximum absolute atomic E-state index is 6.16. The van der Waals surface area contributed by atoms with E-state index in [0.717, 1.165) is 16.8 Å². The van der Waals surface area contributed by atoms with Gasteiger partial charge in [0, 0.05) is 35.6 Å². The molecule has 1 unspecified atom stereocenters. The molecule has 4 nitrogen and oxygen atoms in total. The van der Waals surface area contributed by atoms with E-state index in [0.29, 0.717) is 29.8 Å². The molecule has 0 aliphatic carbocycles. The van der Waals surface area contributed by atoms with E-state index in [1.807, 2.05) is 32.0 Å². The third kappa shape index (κ3) is 7.39. The molecule has 2 N–H and O–H groups in total. The first-order valence-corrected chi connectivity index (χ1v) is 11.4. The number of unbranched alkanes of at least 4 members (excludes halogenated alkanes) is 2. The highest BCUT2D eigenvalue weighted by atomic mass is 16.5. The summed E-state index contributed by atoms with van der Waals surface area (Å²) in [5.41, 5.74) is 10.9. The van der Waals surface area contributed by atoms with Crippen molar-refractivity contribution in [2.24, 2.45) is 9.98 Å². The Bertz CT molecular complexity index is 897. The van der Waals surface area contributed by atoms with Crippen LogP contribution in [0.3, 0.4) is 0 Å². The molecule has 0 fully saturated rings. The minimum atomic E-state index is 0.498. The van der Waals surface area contributed by atoms with Gasteiger partial charge >= 0.3 is 0 Å². The zero-order chi connectivity index (χ0) is 22.6. The molecule has 0 amide bonds. The standard InChI is InChI=1S/C27H37N3O/c1-6-9-10-11-21(7-2)22-12-14-23(15-13-22)25-17-16-24(28)19-26(25)31-27(30-8-3)18-20(4)29-5/h12-19,21H,5-11,28H2,1-4H3/b20-18-,30-27?. The summed E-state index contributed by atoms with van der Waals surface area (Å²) in [6, 6.07) is 14.6. The van der Waals surface area contributed by atoms with Crippen molar-refractivity contribution >= 4 is 18.3 Å². The van der Waals surface area contributed by atoms with Gasteiger partial charge in [-0.15, -0.1) is 0 Å². The molecule has 0 saturated heterocycles. The Kier molecular flexibility index (Phi) is 10.0. The molecule has 0 bridgehead atoms. The molecule has 31 heavy (non-hydrogen) atoms. The molecule has 2 aromatic carbocycles. The van der Waals surface area contributed by atoms with Crippen LogP contribution in [0.25, 0.3) is 11.1 Å². The number of aliphatic imine (C=N–C) groups is 2. The topological polar surface area (TPSA) is 60.0 Å². The third-order valence-electron chi connectivity index (χ3n) is 5.46. The van der Waals surface area contributed by atoms with Crippen molar-refractivity contribution < 1.29 is 4.74 Å². The van der Waals surface area contributed by atoms with E-state index in [-0.39, 0.29) is 0 Å². The van der Waals surface area contributed by atoms with Crippen molar-refractivity contribution in [3.05, 3.63) is 59.8 Å². The molecule has 0 spiro atoms. The van der Waals surface area contributed by atoms with Crippen molar-refractivity contribution in [3.8, 4) is 16.9 Å². The van der Waals surface area contributed by atoms with Crippen LogP contribution in [0.1, 0.15) is 71.3 Å². The summed E-state index contributed by atoms with van der Waals surface area (Å²) in [5.74, 6) is 1.80. The number of hydrogen-bond donors (Lipinski definition) is 1. The van der Waals surface area contributed by atoms with Gasteiger partial charge < -0.3 is 10.5 Å². The van der Waals surface area contributed by atoms with Gasteiger partial charge in [0.05, 0.1) is 0 Å². The molecule has 0 radical (unpaired) electrons. The Hall–Kier alpha value is -2.88. The second-order valence-electron chi connectivity index (χ2n) is 7.84. The molecule has 0 saturated carbocycles. The number of anilines is 1. The van der Waals surface area contributed by atoms with E-state index in [1.54, 1.807) is 6.08 Å². The molecule has 166 valence electrons. The highest BCUT2D eigenvalue weighted by Gasteiger charge is 2.13. The number of nitrogens with zero attached hydrogens (tertiary/aromatic N) is 2. The lowest BCUT2D eigenvalue weighted by molar-refractivity contribution is 0.552. The molecule has 0 aromatic heterocycles. The summed E-state index contributed by atoms with van der Waals surface area (Å²) >= 11 is 0. The summed E-state index contributed by atoms with van der Waals surface area (Å²) in [4.78, 5) is 8.38. The molecule has 0 aliphatic rings. The van der Waals surface area contributed by atoms with E-state index in [2.05, 4.69) is 54.8 Å². The van der Waals surface area contributed by atoms with Crippen molar-refractivity contribution in [3.63, 3.8) is 0 Å². The monoisotopic (exact) mass is 419 g/mol. The average Bonchev–Trinajstić information content (AvgIpc) is 2.77. The van der Waals surface area contributed by atoms with Gasteiger partial charge in [0.1, 0.15) is 5.75 Å². The first-order chi connectivity index (χ1) is 15.0. The van der Waals surface area contributed by atoms with Crippen LogP contribution in [0.2, 0.25) is 0 Å². The van der Waals surface area contributed by atoms with Crippen molar-refractivity contribution in [2.45, 2.75) is 65.7 Å². The Morgan fingerprint density at radius 3 is 2.45 bits per heavy atom. The van der Waals surface area contributed by atoms with Gasteiger partial charge in [-0.05, 0) is 62.6 Å². The number of allylic oxidation sites excluding steroid dienone is 1. The molecular formula is C27H37N3O. The fourth-order valence-electron chi connectivity index (χ4n) is 3.64. The van der Waals surface area contributed by atoms with Crippen LogP contribution in [0.15, 0.2) is 64.2 Å². The number of rotatable bonds is 11. The predicted octanol–water partition coefficient (Wildman–Crippen LogP) is 7.41. The van der Waals surface area contributed by atoms with Crippen LogP contribution in [-0.4, -0.2) is 19.2 Å². The lowest BCUT2D eigenvalue weighted by atomic mass is 9.90. The van der Waals surface area contributed by atoms with Crippen LogP contribution < -0.4 is 10.5 Å². The maximum Gasteiger partial charge on any atom is 0.216 e. The Labute approximate surface area is 188 Å². The SMILES string of the molecule is C=N/C(C)=C\C(=NCC)Oc1cc(N)ccc1-c1ccc(C(CC)CCCCC)cc1. The summed E-state index contributed by atoms with van der Waals surface area (Å²) in [6.45, 7) is 12.5. The first-order valence-electron chi connectivity index (χ1n) is 11.4. The van der Waals surface area contributed by atoms with E-state index in [4.69, 9.17) is 10.5 Å². The van der Waals surface area contributed by atoms with Crippen molar-refractivity contribution in [2.75, 3.05) is 12.3 Å². The number of hydrogen-bond acceptors (Lipinski definition) is 4. The average molecular weight is 420 g/mol. The molecule has 2 aromatic rings. The van der Waals surface area contributed by atoms with E-state index in [9.17, 15) is 0 Å². The Morgan fingerprint density at radius 2 is 1.84 bits per heavy atom. The second kappa shape index (κ2) is 12.7. The van der Waals surface area contributed by atoms with Crippen molar-refractivity contribution in [1.29, 1.82) is 0 Å². The van der Waals surface area contributed by atoms with E-state index in [1.165, 1.54) is 37.7 Å². The summed E-state index contributed by atoms with van der Waals surface area (Å²) in [6.07, 6.45) is 8.06. The highest BCUT2D eigenvalue weighted by Crippen LogP contribution is 2.34. The maximum atomic E-state index is 6.16. The number of ether oxygens (including phenoxy) is 1. The molecule has 4 heteroatoms. The van der Waals surface area contributed by atoms with Gasteiger partial charge in [-0.25, -0.2) is 0 Å². The van der Waals surface area contributed by atoms with Crippen molar-refractivity contribution in [1.82, 2.24) is 0 Å². The first kappa shape index (κ1) is 24.4. The smallest absolute Gasteiger partial charge is 0.216 e. The van der Waals surface area contributed by atoms with Gasteiger partial charge in [0.15, 0.2) is 0 Å². The van der Waals surface area contributed by atoms with Gasteiger partial charge in [-0.1, -0.05) is 57.4 Å². The predicted molar refractivity (Wildman–Crippen MR) is 135 cm³/mol. The minimum absolute atomic E-state index is 0.498. The fourth-order valence-corrected chi connectivity index (χ4v) is 3.64. The Balaban J connectivity index is 2.32. The molecule has 1 atom stereocenters. The van der Waals surface area contributed by atoms with E-state index >= 15 is 0 Å². The van der Waals surface area contributed by atoms with Gasteiger partial charge in [0.2, 0.25) is 5.90 Å². The fraction of sp³-hybridized carbons (Fsp3) is 0.407. The lowest BCUT2D eigenvalue weighted by Crippen LogP contribution is -2.08. The van der Waals surface area contributed by atoms with Gasteiger partial charge in [-0.3, -0.25) is 9.98 Å². The number of nitrogens with two attached hydrogens (primary N) is 1. The summed E-state index contributed by atoms with van der Waals surface area (Å²) in [5, 5.41) is 0. The Morgan fingerprint density at radius 1 is 1.10 bits per heavy atom. The van der Waals surface area contributed by atoms with Gasteiger partial charge in [0.25, 0.3) is 0 Å². The largest absolute Gasteiger partial charge is 0.439 e. The summed E-state index contributed by atoms with van der Waals surface area (Å²) < 4.78 is 6.16. The molecule has 0 heterocycles. The van der Waals surface area contributed by atoms with Crippen LogP contribution in [0.5, 0.6) is 5.75 Å². The van der Waals surface area contributed by atoms with Crippen LogP contribution in [0, 0.1) is 0 Å². The number of benzene rings is 2.